The predicted molar refractivity (Wildman–Crippen MR) is 96.5 cm³/mol. The Morgan fingerprint density at radius 1 is 1.00 bits per heavy atom. The molecule has 2 rings (SSSR count). The number of hydrogen-bond acceptors (Lipinski definition) is 5. The summed E-state index contributed by atoms with van der Waals surface area (Å²) in [6.45, 7) is 2.63. The van der Waals surface area contributed by atoms with Gasteiger partial charge >= 0.3 is 0 Å². The van der Waals surface area contributed by atoms with Crippen molar-refractivity contribution in [2.75, 3.05) is 20.3 Å². The van der Waals surface area contributed by atoms with Crippen LogP contribution in [0, 0.1) is 0 Å². The maximum atomic E-state index is 11.7. The molecule has 0 aliphatic rings. The molecule has 0 atom stereocenters. The van der Waals surface area contributed by atoms with Crippen molar-refractivity contribution in [1.29, 1.82) is 0 Å². The molecule has 0 bridgehead atoms. The van der Waals surface area contributed by atoms with Crippen LogP contribution in [-0.2, 0) is 4.79 Å². The first-order valence-electron chi connectivity index (χ1n) is 8.03. The van der Waals surface area contributed by atoms with E-state index < -0.39 is 0 Å². The number of rotatable bonds is 9. The van der Waals surface area contributed by atoms with Crippen molar-refractivity contribution in [1.82, 2.24) is 5.43 Å². The van der Waals surface area contributed by atoms with E-state index in [1.54, 1.807) is 37.6 Å². The fraction of sp³-hybridized carbons (Fsp3) is 0.263. The fourth-order valence-electron chi connectivity index (χ4n) is 1.90. The molecule has 1 N–H and O–H groups in total. The molecular weight excluding hydrogens is 320 g/mol. The molecule has 0 fully saturated rings. The molecule has 0 aliphatic carbocycles. The van der Waals surface area contributed by atoms with E-state index in [9.17, 15) is 4.79 Å². The molecule has 6 heteroatoms. The summed E-state index contributed by atoms with van der Waals surface area (Å²) in [6, 6.07) is 14.5. The summed E-state index contributed by atoms with van der Waals surface area (Å²) in [7, 11) is 1.59. The molecule has 25 heavy (non-hydrogen) atoms. The second-order valence-electron chi connectivity index (χ2n) is 5.17. The Balaban J connectivity index is 1.73. The normalized spacial score (nSPS) is 10.5. The van der Waals surface area contributed by atoms with Gasteiger partial charge in [-0.3, -0.25) is 4.79 Å². The van der Waals surface area contributed by atoms with E-state index in [1.807, 2.05) is 24.3 Å². The van der Waals surface area contributed by atoms with Crippen molar-refractivity contribution in [3.8, 4) is 17.2 Å². The molecule has 0 saturated heterocycles. The average Bonchev–Trinajstić information content (AvgIpc) is 2.66. The predicted octanol–water partition coefficient (Wildman–Crippen LogP) is 3.01. The number of carbonyl (C=O) groups is 1. The monoisotopic (exact) mass is 342 g/mol. The van der Waals surface area contributed by atoms with E-state index in [1.165, 1.54) is 0 Å². The van der Waals surface area contributed by atoms with Gasteiger partial charge in [-0.15, -0.1) is 0 Å². The Kier molecular flexibility index (Phi) is 7.31. The van der Waals surface area contributed by atoms with Gasteiger partial charge in [0.1, 0.15) is 17.2 Å². The number of nitrogens with zero attached hydrogens (tertiary/aromatic N) is 1. The van der Waals surface area contributed by atoms with Crippen molar-refractivity contribution in [3.63, 3.8) is 0 Å². The number of carbonyl (C=O) groups excluding carboxylic acids is 1. The van der Waals surface area contributed by atoms with Crippen molar-refractivity contribution < 1.29 is 19.0 Å². The molecule has 0 unspecified atom stereocenters. The van der Waals surface area contributed by atoms with E-state index in [0.29, 0.717) is 12.4 Å². The van der Waals surface area contributed by atoms with E-state index in [4.69, 9.17) is 14.2 Å². The van der Waals surface area contributed by atoms with Crippen LogP contribution >= 0.6 is 0 Å². The molecule has 0 aliphatic heterocycles. The zero-order valence-electron chi connectivity index (χ0n) is 14.4. The lowest BCUT2D eigenvalue weighted by atomic mass is 10.2. The summed E-state index contributed by atoms with van der Waals surface area (Å²) in [4.78, 5) is 11.7. The van der Waals surface area contributed by atoms with Crippen LogP contribution in [0.15, 0.2) is 53.6 Å². The van der Waals surface area contributed by atoms with Crippen LogP contribution in [0.1, 0.15) is 18.9 Å². The molecule has 0 saturated carbocycles. The van der Waals surface area contributed by atoms with Crippen LogP contribution < -0.4 is 19.6 Å². The largest absolute Gasteiger partial charge is 0.497 e. The van der Waals surface area contributed by atoms with Crippen LogP contribution in [-0.4, -0.2) is 32.4 Å². The number of hydrazone groups is 1. The minimum atomic E-state index is -0.338. The molecule has 6 nitrogen and oxygen atoms in total. The summed E-state index contributed by atoms with van der Waals surface area (Å²) < 4.78 is 15.9. The van der Waals surface area contributed by atoms with Crippen LogP contribution in [0.3, 0.4) is 0 Å². The van der Waals surface area contributed by atoms with Gasteiger partial charge in [0.2, 0.25) is 0 Å². The van der Waals surface area contributed by atoms with Crippen molar-refractivity contribution >= 4 is 12.1 Å². The first-order valence-corrected chi connectivity index (χ1v) is 8.03. The maximum absolute atomic E-state index is 11.7. The number of nitrogens with one attached hydrogen (secondary N) is 1. The highest BCUT2D eigenvalue weighted by Crippen LogP contribution is 2.16. The number of amides is 1. The van der Waals surface area contributed by atoms with Gasteiger partial charge in [0, 0.05) is 0 Å². The Morgan fingerprint density at radius 3 is 2.24 bits per heavy atom. The minimum Gasteiger partial charge on any atom is -0.497 e. The molecule has 132 valence electrons. The number of benzene rings is 2. The Labute approximate surface area is 147 Å². The van der Waals surface area contributed by atoms with Gasteiger partial charge in [0.05, 0.1) is 19.9 Å². The fourth-order valence-corrected chi connectivity index (χ4v) is 1.90. The maximum Gasteiger partial charge on any atom is 0.277 e. The SMILES string of the molecule is CCCOc1ccc(/C=N/NC(=O)COc2ccc(OC)cc2)cc1. The molecule has 2 aromatic carbocycles. The van der Waals surface area contributed by atoms with Gasteiger partial charge in [-0.2, -0.15) is 5.10 Å². The summed E-state index contributed by atoms with van der Waals surface area (Å²) in [5.74, 6) is 1.79. The summed E-state index contributed by atoms with van der Waals surface area (Å²) in [6.07, 6.45) is 2.53. The first-order chi connectivity index (χ1) is 12.2. The molecule has 0 radical (unpaired) electrons. The highest BCUT2D eigenvalue weighted by Gasteiger charge is 2.01. The lowest BCUT2D eigenvalue weighted by molar-refractivity contribution is -0.123. The summed E-state index contributed by atoms with van der Waals surface area (Å²) >= 11 is 0. The van der Waals surface area contributed by atoms with E-state index in [2.05, 4.69) is 17.5 Å². The second kappa shape index (κ2) is 9.97. The molecule has 0 aromatic heterocycles. The number of methoxy groups -OCH3 is 1. The van der Waals surface area contributed by atoms with E-state index in [0.717, 1.165) is 23.5 Å². The van der Waals surface area contributed by atoms with Crippen molar-refractivity contribution in [2.45, 2.75) is 13.3 Å². The van der Waals surface area contributed by atoms with Gasteiger partial charge < -0.3 is 14.2 Å². The number of ether oxygens (including phenoxy) is 3. The lowest BCUT2D eigenvalue weighted by Crippen LogP contribution is -2.24. The van der Waals surface area contributed by atoms with E-state index in [-0.39, 0.29) is 12.5 Å². The third kappa shape index (κ3) is 6.55. The smallest absolute Gasteiger partial charge is 0.277 e. The summed E-state index contributed by atoms with van der Waals surface area (Å²) in [5, 5.41) is 3.91. The molecule has 1 amide bonds. The van der Waals surface area contributed by atoms with Crippen LogP contribution in [0.2, 0.25) is 0 Å². The van der Waals surface area contributed by atoms with Crippen molar-refractivity contribution in [2.24, 2.45) is 5.10 Å². The average molecular weight is 342 g/mol. The first kappa shape index (κ1) is 18.3. The topological polar surface area (TPSA) is 69.2 Å². The molecule has 0 heterocycles. The Hall–Kier alpha value is -3.02. The quantitative estimate of drug-likeness (QED) is 0.562. The van der Waals surface area contributed by atoms with Crippen LogP contribution in [0.4, 0.5) is 0 Å². The van der Waals surface area contributed by atoms with Gasteiger partial charge in [-0.1, -0.05) is 6.92 Å². The third-order valence-corrected chi connectivity index (χ3v) is 3.19. The molecule has 0 spiro atoms. The Morgan fingerprint density at radius 2 is 1.60 bits per heavy atom. The molecular formula is C19H22N2O4. The number of hydrogen-bond donors (Lipinski definition) is 1. The lowest BCUT2D eigenvalue weighted by Gasteiger charge is -2.06. The third-order valence-electron chi connectivity index (χ3n) is 3.19. The highest BCUT2D eigenvalue weighted by atomic mass is 16.5. The van der Waals surface area contributed by atoms with Gasteiger partial charge in [0.15, 0.2) is 6.61 Å². The molecule has 2 aromatic rings. The van der Waals surface area contributed by atoms with Crippen LogP contribution in [0.25, 0.3) is 0 Å². The van der Waals surface area contributed by atoms with Crippen molar-refractivity contribution in [3.05, 3.63) is 54.1 Å². The summed E-state index contributed by atoms with van der Waals surface area (Å²) in [5.41, 5.74) is 3.28. The van der Waals surface area contributed by atoms with Gasteiger partial charge in [0.25, 0.3) is 5.91 Å². The van der Waals surface area contributed by atoms with Gasteiger partial charge in [-0.05, 0) is 60.5 Å². The zero-order valence-corrected chi connectivity index (χ0v) is 14.4. The Bertz CT molecular complexity index is 682. The minimum absolute atomic E-state index is 0.118. The van der Waals surface area contributed by atoms with Crippen LogP contribution in [0.5, 0.6) is 17.2 Å². The van der Waals surface area contributed by atoms with Gasteiger partial charge in [-0.25, -0.2) is 5.43 Å². The zero-order chi connectivity index (χ0) is 17.9. The van der Waals surface area contributed by atoms with E-state index >= 15 is 0 Å². The second-order valence-corrected chi connectivity index (χ2v) is 5.17. The highest BCUT2D eigenvalue weighted by molar-refractivity contribution is 5.83. The standard InChI is InChI=1S/C19H22N2O4/c1-3-12-24-17-6-4-15(5-7-17)13-20-21-19(22)14-25-18-10-8-16(23-2)9-11-18/h4-11,13H,3,12,14H2,1-2H3,(H,21,22)/b20-13+.